The lowest BCUT2D eigenvalue weighted by molar-refractivity contribution is 0.209. The number of hydrogen-bond donors (Lipinski definition) is 0. The second kappa shape index (κ2) is 9.77. The molecule has 172 valence electrons. The van der Waals surface area contributed by atoms with Crippen molar-refractivity contribution < 1.29 is 0 Å². The molecule has 1 aliphatic carbocycles. The second-order valence-corrected chi connectivity index (χ2v) is 10.3. The smallest absolute Gasteiger partial charge is 0.0722 e. The van der Waals surface area contributed by atoms with Crippen LogP contribution in [0.1, 0.15) is 78.3 Å². The summed E-state index contributed by atoms with van der Waals surface area (Å²) in [6.45, 7) is 10.2. The van der Waals surface area contributed by atoms with Crippen molar-refractivity contribution in [3.8, 4) is 0 Å². The zero-order chi connectivity index (χ0) is 22.8. The number of piperidine rings is 1. The van der Waals surface area contributed by atoms with Gasteiger partial charge < -0.3 is 4.90 Å². The van der Waals surface area contributed by atoms with Crippen molar-refractivity contribution in [3.05, 3.63) is 75.4 Å². The van der Waals surface area contributed by atoms with E-state index in [1.807, 2.05) is 0 Å². The van der Waals surface area contributed by atoms with Gasteiger partial charge in [0.1, 0.15) is 0 Å². The maximum absolute atomic E-state index is 4.40. The predicted molar refractivity (Wildman–Crippen MR) is 141 cm³/mol. The van der Waals surface area contributed by atoms with Crippen LogP contribution in [0.5, 0.6) is 0 Å². The first-order valence-corrected chi connectivity index (χ1v) is 12.8. The van der Waals surface area contributed by atoms with Crippen LogP contribution in [-0.2, 0) is 12.8 Å². The Balaban J connectivity index is 1.09. The Hall–Kier alpha value is -2.52. The zero-order valence-corrected chi connectivity index (χ0v) is 20.5. The quantitative estimate of drug-likeness (QED) is 0.443. The highest BCUT2D eigenvalue weighted by Crippen LogP contribution is 2.32. The van der Waals surface area contributed by atoms with E-state index in [4.69, 9.17) is 0 Å². The third-order valence-corrected chi connectivity index (χ3v) is 7.88. The standard InChI is InChI=1S/C30H37N3/c1-21-10-11-26(17-22(21)2)24-12-15-33(16-13-24)14-5-4-7-25-8-6-9-27-19-28(20-29(25)27)30-18-23(3)31-32-30/h6,8-11,17,20,24H,4-5,7,12-16,18-19H2,1-3H3. The molecule has 3 heteroatoms. The van der Waals surface area contributed by atoms with Gasteiger partial charge in [-0.15, -0.1) is 0 Å². The molecule has 2 aromatic carbocycles. The molecule has 0 saturated carbocycles. The minimum Gasteiger partial charge on any atom is -0.303 e. The summed E-state index contributed by atoms with van der Waals surface area (Å²) < 4.78 is 0. The van der Waals surface area contributed by atoms with Gasteiger partial charge in [-0.05, 0) is 130 Å². The number of aryl methyl sites for hydroxylation is 3. The van der Waals surface area contributed by atoms with E-state index in [0.717, 1.165) is 24.5 Å². The Morgan fingerprint density at radius 1 is 0.909 bits per heavy atom. The molecule has 0 atom stereocenters. The number of unbranched alkanes of at least 4 members (excludes halogenated alkanes) is 1. The van der Waals surface area contributed by atoms with Gasteiger partial charge in [0.2, 0.25) is 0 Å². The minimum atomic E-state index is 0.743. The summed E-state index contributed by atoms with van der Waals surface area (Å²) in [5.41, 5.74) is 12.5. The molecule has 3 nitrogen and oxygen atoms in total. The maximum atomic E-state index is 4.40. The summed E-state index contributed by atoms with van der Waals surface area (Å²) >= 11 is 0. The van der Waals surface area contributed by atoms with Crippen LogP contribution < -0.4 is 0 Å². The van der Waals surface area contributed by atoms with E-state index in [9.17, 15) is 0 Å². The van der Waals surface area contributed by atoms with Crippen molar-refractivity contribution >= 4 is 17.5 Å². The summed E-state index contributed by atoms with van der Waals surface area (Å²) in [5, 5.41) is 8.64. The Bertz CT molecular complexity index is 1110. The highest BCUT2D eigenvalue weighted by Gasteiger charge is 2.22. The van der Waals surface area contributed by atoms with Crippen LogP contribution in [0.2, 0.25) is 0 Å². The Morgan fingerprint density at radius 2 is 1.76 bits per heavy atom. The molecule has 0 bridgehead atoms. The highest BCUT2D eigenvalue weighted by atomic mass is 15.2. The summed E-state index contributed by atoms with van der Waals surface area (Å²) in [5.74, 6) is 0.743. The molecule has 0 radical (unpaired) electrons. The van der Waals surface area contributed by atoms with E-state index in [1.165, 1.54) is 90.8 Å². The number of rotatable bonds is 7. The summed E-state index contributed by atoms with van der Waals surface area (Å²) in [7, 11) is 0. The van der Waals surface area contributed by atoms with Gasteiger partial charge in [0.05, 0.1) is 5.71 Å². The van der Waals surface area contributed by atoms with Crippen molar-refractivity contribution in [2.75, 3.05) is 19.6 Å². The normalized spacial score (nSPS) is 18.8. The van der Waals surface area contributed by atoms with Crippen LogP contribution in [0, 0.1) is 13.8 Å². The first kappa shape index (κ1) is 22.3. The third-order valence-electron chi connectivity index (χ3n) is 7.88. The zero-order valence-electron chi connectivity index (χ0n) is 20.5. The van der Waals surface area contributed by atoms with Crippen molar-refractivity contribution in [1.82, 2.24) is 4.90 Å². The number of nitrogens with zero attached hydrogens (tertiary/aromatic N) is 3. The van der Waals surface area contributed by atoms with Gasteiger partial charge in [0, 0.05) is 12.1 Å². The van der Waals surface area contributed by atoms with E-state index in [1.54, 1.807) is 5.56 Å². The number of hydrogen-bond acceptors (Lipinski definition) is 3. The van der Waals surface area contributed by atoms with Crippen LogP contribution in [-0.4, -0.2) is 36.0 Å². The van der Waals surface area contributed by atoms with Crippen LogP contribution in [0.3, 0.4) is 0 Å². The topological polar surface area (TPSA) is 28.0 Å². The molecule has 2 aliphatic heterocycles. The molecule has 5 rings (SSSR count). The largest absolute Gasteiger partial charge is 0.303 e. The van der Waals surface area contributed by atoms with Crippen molar-refractivity contribution in [3.63, 3.8) is 0 Å². The fourth-order valence-corrected chi connectivity index (χ4v) is 5.64. The van der Waals surface area contributed by atoms with E-state index >= 15 is 0 Å². The lowest BCUT2D eigenvalue weighted by Gasteiger charge is -2.32. The Kier molecular flexibility index (Phi) is 6.59. The maximum Gasteiger partial charge on any atom is 0.0722 e. The van der Waals surface area contributed by atoms with Crippen LogP contribution >= 0.6 is 0 Å². The van der Waals surface area contributed by atoms with Crippen molar-refractivity contribution in [2.45, 2.75) is 71.6 Å². The third kappa shape index (κ3) is 5.04. The lowest BCUT2D eigenvalue weighted by atomic mass is 9.88. The molecule has 0 N–H and O–H groups in total. The SMILES string of the molecule is CC1=NN=C(C2=Cc3c(CCCCN4CCC(c5ccc(C)c(C)c5)CC4)cccc3C2)C1. The molecule has 1 saturated heterocycles. The summed E-state index contributed by atoms with van der Waals surface area (Å²) in [6.07, 6.45) is 10.6. The average molecular weight is 440 g/mol. The number of likely N-dealkylation sites (tertiary alicyclic amines) is 1. The minimum absolute atomic E-state index is 0.743. The van der Waals surface area contributed by atoms with Gasteiger partial charge in [0.15, 0.2) is 0 Å². The van der Waals surface area contributed by atoms with E-state index in [-0.39, 0.29) is 0 Å². The molecular weight excluding hydrogens is 402 g/mol. The van der Waals surface area contributed by atoms with E-state index in [2.05, 4.69) is 78.3 Å². The van der Waals surface area contributed by atoms with Crippen LogP contribution in [0.15, 0.2) is 52.2 Å². The molecule has 33 heavy (non-hydrogen) atoms. The molecule has 0 spiro atoms. The highest BCUT2D eigenvalue weighted by molar-refractivity contribution is 6.17. The summed E-state index contributed by atoms with van der Waals surface area (Å²) in [4.78, 5) is 2.69. The monoisotopic (exact) mass is 439 g/mol. The fourth-order valence-electron chi connectivity index (χ4n) is 5.64. The average Bonchev–Trinajstić information content (AvgIpc) is 3.45. The van der Waals surface area contributed by atoms with Gasteiger partial charge in [-0.25, -0.2) is 0 Å². The van der Waals surface area contributed by atoms with Gasteiger partial charge in [-0.2, -0.15) is 10.2 Å². The number of allylic oxidation sites excluding steroid dienone is 1. The number of benzene rings is 2. The Morgan fingerprint density at radius 3 is 2.52 bits per heavy atom. The first-order chi connectivity index (χ1) is 16.1. The molecule has 1 fully saturated rings. The molecule has 0 aromatic heterocycles. The first-order valence-electron chi connectivity index (χ1n) is 12.8. The van der Waals surface area contributed by atoms with E-state index in [0.29, 0.717) is 0 Å². The Labute approximate surface area is 199 Å². The summed E-state index contributed by atoms with van der Waals surface area (Å²) in [6, 6.07) is 13.9. The van der Waals surface area contributed by atoms with Gasteiger partial charge >= 0.3 is 0 Å². The second-order valence-electron chi connectivity index (χ2n) is 10.3. The predicted octanol–water partition coefficient (Wildman–Crippen LogP) is 6.67. The van der Waals surface area contributed by atoms with Gasteiger partial charge in [-0.3, -0.25) is 0 Å². The molecule has 3 aliphatic rings. The molecule has 2 aromatic rings. The molecule has 0 amide bonds. The number of fused-ring (bicyclic) bond motifs is 1. The van der Waals surface area contributed by atoms with E-state index < -0.39 is 0 Å². The molecule has 0 unspecified atom stereocenters. The fraction of sp³-hybridized carbons (Fsp3) is 0.467. The van der Waals surface area contributed by atoms with Crippen LogP contribution in [0.4, 0.5) is 0 Å². The lowest BCUT2D eigenvalue weighted by Crippen LogP contribution is -2.33. The molecule has 2 heterocycles. The molecular formula is C30H37N3. The van der Waals surface area contributed by atoms with Crippen molar-refractivity contribution in [2.24, 2.45) is 10.2 Å². The van der Waals surface area contributed by atoms with Crippen LogP contribution in [0.25, 0.3) is 6.08 Å². The van der Waals surface area contributed by atoms with Gasteiger partial charge in [-0.1, -0.05) is 36.4 Å². The van der Waals surface area contributed by atoms with Gasteiger partial charge in [0.25, 0.3) is 0 Å². The van der Waals surface area contributed by atoms with Crippen molar-refractivity contribution in [1.29, 1.82) is 0 Å².